The van der Waals surface area contributed by atoms with E-state index >= 15 is 0 Å². The lowest BCUT2D eigenvalue weighted by molar-refractivity contribution is -0.142. The van der Waals surface area contributed by atoms with E-state index in [4.69, 9.17) is 4.74 Å². The van der Waals surface area contributed by atoms with Crippen LogP contribution in [0.3, 0.4) is 0 Å². The molecular weight excluding hydrogens is 366 g/mol. The Labute approximate surface area is 163 Å². The van der Waals surface area contributed by atoms with Gasteiger partial charge in [-0.05, 0) is 51.1 Å². The van der Waals surface area contributed by atoms with E-state index in [-0.39, 0.29) is 25.1 Å². The fraction of sp³-hybridized carbons (Fsp3) is 0.333. The van der Waals surface area contributed by atoms with Crippen LogP contribution in [0.25, 0.3) is 0 Å². The third-order valence-corrected chi connectivity index (χ3v) is 4.07. The molecule has 0 radical (unpaired) electrons. The fourth-order valence-corrected chi connectivity index (χ4v) is 2.56. The summed E-state index contributed by atoms with van der Waals surface area (Å²) in [7, 11) is 0. The van der Waals surface area contributed by atoms with Crippen molar-refractivity contribution >= 4 is 11.8 Å². The highest BCUT2D eigenvalue weighted by Gasteiger charge is 2.27. The van der Waals surface area contributed by atoms with Gasteiger partial charge >= 0.3 is 0 Å². The topological polar surface area (TPSA) is 58.6 Å². The van der Waals surface area contributed by atoms with Crippen LogP contribution < -0.4 is 10.1 Å². The third kappa shape index (κ3) is 6.04. The molecule has 0 aliphatic carbocycles. The van der Waals surface area contributed by atoms with E-state index in [0.29, 0.717) is 11.3 Å². The Kier molecular flexibility index (Phi) is 7.49. The molecule has 2 rings (SSSR count). The lowest BCUT2D eigenvalue weighted by atomic mass is 10.1. The number of amides is 2. The number of hydrogen-bond acceptors (Lipinski definition) is 3. The van der Waals surface area contributed by atoms with Crippen LogP contribution in [0.15, 0.2) is 48.5 Å². The Bertz CT molecular complexity index is 810. The van der Waals surface area contributed by atoms with Crippen molar-refractivity contribution in [2.75, 3.05) is 6.61 Å². The van der Waals surface area contributed by atoms with Crippen molar-refractivity contribution in [2.24, 2.45) is 0 Å². The summed E-state index contributed by atoms with van der Waals surface area (Å²) in [4.78, 5) is 26.4. The average molecular weight is 390 g/mol. The van der Waals surface area contributed by atoms with Crippen LogP contribution in [0.5, 0.6) is 5.75 Å². The molecule has 0 fully saturated rings. The molecule has 0 aromatic heterocycles. The molecule has 0 bridgehead atoms. The molecule has 0 aliphatic heterocycles. The highest BCUT2D eigenvalue weighted by Crippen LogP contribution is 2.15. The zero-order valence-corrected chi connectivity index (χ0v) is 16.1. The standard InChI is InChI=1S/C21H24F2N2O3/c1-14(2)24-21(27)15(3)25(12-16-6-4-5-7-19(16)23)20(26)13-28-18-10-8-17(22)9-11-18/h4-11,14-15H,12-13H2,1-3H3,(H,24,27). The number of carbonyl (C=O) groups is 2. The summed E-state index contributed by atoms with van der Waals surface area (Å²) in [6, 6.07) is 10.4. The summed E-state index contributed by atoms with van der Waals surface area (Å²) in [6.07, 6.45) is 0. The molecule has 0 saturated heterocycles. The van der Waals surface area contributed by atoms with Gasteiger partial charge < -0.3 is 15.0 Å². The highest BCUT2D eigenvalue weighted by molar-refractivity contribution is 5.88. The summed E-state index contributed by atoms with van der Waals surface area (Å²) in [5.74, 6) is -1.39. The van der Waals surface area contributed by atoms with Gasteiger partial charge in [-0.15, -0.1) is 0 Å². The van der Waals surface area contributed by atoms with E-state index < -0.39 is 23.6 Å². The Morgan fingerprint density at radius 1 is 1.04 bits per heavy atom. The molecule has 2 aromatic carbocycles. The van der Waals surface area contributed by atoms with Gasteiger partial charge in [0.25, 0.3) is 5.91 Å². The molecule has 5 nitrogen and oxygen atoms in total. The largest absolute Gasteiger partial charge is 0.484 e. The lowest BCUT2D eigenvalue weighted by Gasteiger charge is -2.29. The van der Waals surface area contributed by atoms with E-state index in [0.717, 1.165) is 0 Å². The first-order valence-electron chi connectivity index (χ1n) is 8.99. The quantitative estimate of drug-likeness (QED) is 0.753. The molecule has 2 amide bonds. The Balaban J connectivity index is 2.15. The number of nitrogens with zero attached hydrogens (tertiary/aromatic N) is 1. The second-order valence-corrected chi connectivity index (χ2v) is 6.69. The predicted molar refractivity (Wildman–Crippen MR) is 102 cm³/mol. The number of nitrogens with one attached hydrogen (secondary N) is 1. The van der Waals surface area contributed by atoms with Gasteiger partial charge in [0.2, 0.25) is 5.91 Å². The van der Waals surface area contributed by atoms with E-state index in [1.54, 1.807) is 25.1 Å². The molecule has 0 aliphatic rings. The maximum Gasteiger partial charge on any atom is 0.261 e. The van der Waals surface area contributed by atoms with Gasteiger partial charge in [0.05, 0.1) is 0 Å². The molecule has 0 heterocycles. The van der Waals surface area contributed by atoms with E-state index in [1.165, 1.54) is 35.2 Å². The summed E-state index contributed by atoms with van der Waals surface area (Å²) < 4.78 is 32.5. The van der Waals surface area contributed by atoms with Gasteiger partial charge in [-0.2, -0.15) is 0 Å². The minimum atomic E-state index is -0.827. The van der Waals surface area contributed by atoms with Crippen LogP contribution >= 0.6 is 0 Å². The van der Waals surface area contributed by atoms with E-state index in [1.807, 2.05) is 13.8 Å². The lowest BCUT2D eigenvalue weighted by Crippen LogP contribution is -2.50. The van der Waals surface area contributed by atoms with Crippen molar-refractivity contribution in [3.63, 3.8) is 0 Å². The average Bonchev–Trinajstić information content (AvgIpc) is 2.65. The summed E-state index contributed by atoms with van der Waals surface area (Å²) in [5.41, 5.74) is 0.293. The molecule has 28 heavy (non-hydrogen) atoms. The Hall–Kier alpha value is -2.96. The predicted octanol–water partition coefficient (Wildman–Crippen LogP) is 3.29. The number of rotatable bonds is 8. The van der Waals surface area contributed by atoms with Crippen molar-refractivity contribution < 1.29 is 23.1 Å². The van der Waals surface area contributed by atoms with Crippen LogP contribution in [-0.2, 0) is 16.1 Å². The second kappa shape index (κ2) is 9.82. The smallest absolute Gasteiger partial charge is 0.261 e. The van der Waals surface area contributed by atoms with E-state index in [9.17, 15) is 18.4 Å². The zero-order chi connectivity index (χ0) is 20.7. The fourth-order valence-electron chi connectivity index (χ4n) is 2.56. The maximum atomic E-state index is 14.1. The number of hydrogen-bond donors (Lipinski definition) is 1. The Morgan fingerprint density at radius 3 is 2.29 bits per heavy atom. The third-order valence-electron chi connectivity index (χ3n) is 4.07. The molecule has 0 saturated carbocycles. The summed E-state index contributed by atoms with van der Waals surface area (Å²) >= 11 is 0. The molecule has 1 unspecified atom stereocenters. The SMILES string of the molecule is CC(C)NC(=O)C(C)N(Cc1ccccc1F)C(=O)COc1ccc(F)cc1. The first-order valence-corrected chi connectivity index (χ1v) is 8.99. The first-order chi connectivity index (χ1) is 13.3. The van der Waals surface area contributed by atoms with Gasteiger partial charge in [0.15, 0.2) is 6.61 Å². The van der Waals surface area contributed by atoms with Crippen molar-refractivity contribution in [3.05, 3.63) is 65.7 Å². The molecule has 0 spiro atoms. The normalized spacial score (nSPS) is 11.8. The van der Waals surface area contributed by atoms with Crippen molar-refractivity contribution in [3.8, 4) is 5.75 Å². The molecule has 1 N–H and O–H groups in total. The Morgan fingerprint density at radius 2 is 1.68 bits per heavy atom. The molecular formula is C21H24F2N2O3. The van der Waals surface area contributed by atoms with Crippen LogP contribution in [0.1, 0.15) is 26.3 Å². The number of benzene rings is 2. The van der Waals surface area contributed by atoms with Gasteiger partial charge in [-0.1, -0.05) is 18.2 Å². The highest BCUT2D eigenvalue weighted by atomic mass is 19.1. The maximum absolute atomic E-state index is 14.1. The number of halogens is 2. The molecule has 150 valence electrons. The van der Waals surface area contributed by atoms with E-state index in [2.05, 4.69) is 5.32 Å². The first kappa shape index (κ1) is 21.3. The molecule has 1 atom stereocenters. The summed E-state index contributed by atoms with van der Waals surface area (Å²) in [6.45, 7) is 4.76. The van der Waals surface area contributed by atoms with Crippen molar-refractivity contribution in [1.82, 2.24) is 10.2 Å². The zero-order valence-electron chi connectivity index (χ0n) is 16.1. The molecule has 7 heteroatoms. The number of ether oxygens (including phenoxy) is 1. The van der Waals surface area contributed by atoms with Crippen molar-refractivity contribution in [2.45, 2.75) is 39.4 Å². The minimum Gasteiger partial charge on any atom is -0.484 e. The number of carbonyl (C=O) groups excluding carboxylic acids is 2. The molecule has 2 aromatic rings. The second-order valence-electron chi connectivity index (χ2n) is 6.69. The van der Waals surface area contributed by atoms with Crippen LogP contribution in [0, 0.1) is 11.6 Å². The van der Waals surface area contributed by atoms with Crippen LogP contribution in [-0.4, -0.2) is 35.4 Å². The minimum absolute atomic E-state index is 0.0784. The van der Waals surface area contributed by atoms with Gasteiger partial charge in [0, 0.05) is 18.2 Å². The van der Waals surface area contributed by atoms with Crippen molar-refractivity contribution in [1.29, 1.82) is 0 Å². The van der Waals surface area contributed by atoms with Gasteiger partial charge in [-0.25, -0.2) is 8.78 Å². The van der Waals surface area contributed by atoms with Gasteiger partial charge in [-0.3, -0.25) is 9.59 Å². The van der Waals surface area contributed by atoms with Crippen LogP contribution in [0.2, 0.25) is 0 Å². The monoisotopic (exact) mass is 390 g/mol. The van der Waals surface area contributed by atoms with Crippen LogP contribution in [0.4, 0.5) is 8.78 Å². The van der Waals surface area contributed by atoms with Gasteiger partial charge in [0.1, 0.15) is 23.4 Å². The summed E-state index contributed by atoms with van der Waals surface area (Å²) in [5, 5.41) is 2.75.